The minimum absolute atomic E-state index is 0.0213. The van der Waals surface area contributed by atoms with E-state index in [1.54, 1.807) is 19.1 Å². The van der Waals surface area contributed by atoms with Crippen molar-refractivity contribution < 1.29 is 24.5 Å². The van der Waals surface area contributed by atoms with Crippen LogP contribution in [0.3, 0.4) is 0 Å². The lowest BCUT2D eigenvalue weighted by molar-refractivity contribution is -0.0986. The highest BCUT2D eigenvalue weighted by atomic mass is 16.6. The highest BCUT2D eigenvalue weighted by Crippen LogP contribution is 2.66. The Kier molecular flexibility index (Phi) is 3.52. The summed E-state index contributed by atoms with van der Waals surface area (Å²) in [6, 6.07) is 5.97. The van der Waals surface area contributed by atoms with Crippen molar-refractivity contribution in [3.63, 3.8) is 0 Å². The van der Waals surface area contributed by atoms with Gasteiger partial charge >= 0.3 is 11.9 Å². The van der Waals surface area contributed by atoms with Crippen LogP contribution in [0.2, 0.25) is 0 Å². The molecule has 1 aromatic carbocycles. The van der Waals surface area contributed by atoms with Crippen molar-refractivity contribution in [2.45, 2.75) is 45.3 Å². The van der Waals surface area contributed by atoms with Crippen LogP contribution in [0.1, 0.15) is 54.3 Å². The maximum absolute atomic E-state index is 12.4. The molecule has 0 amide bonds. The molecule has 0 spiro atoms. The van der Waals surface area contributed by atoms with Gasteiger partial charge in [0.25, 0.3) is 0 Å². The molecule has 0 saturated heterocycles. The minimum Gasteiger partial charge on any atom is -0.478 e. The van der Waals surface area contributed by atoms with E-state index in [0.717, 1.165) is 0 Å². The predicted molar refractivity (Wildman–Crippen MR) is 83.2 cm³/mol. The molecule has 0 bridgehead atoms. The Hall–Kier alpha value is -1.88. The SMILES string of the molecule is CC1(O)CC2C(CC1OC(=O)c1ccccc1C(=O)O)C2(C)C. The molecule has 2 N–H and O–H groups in total. The molecular weight excluding hydrogens is 296 g/mol. The second-order valence-electron chi connectivity index (χ2n) is 7.58. The molecule has 5 nitrogen and oxygen atoms in total. The van der Waals surface area contributed by atoms with Gasteiger partial charge in [0.05, 0.1) is 16.7 Å². The van der Waals surface area contributed by atoms with E-state index in [-0.39, 0.29) is 16.5 Å². The Morgan fingerprint density at radius 2 is 1.74 bits per heavy atom. The Labute approximate surface area is 135 Å². The van der Waals surface area contributed by atoms with Crippen LogP contribution in [-0.4, -0.2) is 33.9 Å². The van der Waals surface area contributed by atoms with Gasteiger partial charge in [-0.25, -0.2) is 9.59 Å². The first-order valence-corrected chi connectivity index (χ1v) is 7.90. The Morgan fingerprint density at radius 1 is 1.13 bits per heavy atom. The maximum Gasteiger partial charge on any atom is 0.339 e. The summed E-state index contributed by atoms with van der Waals surface area (Å²) in [4.78, 5) is 23.6. The Morgan fingerprint density at radius 3 is 2.35 bits per heavy atom. The van der Waals surface area contributed by atoms with Gasteiger partial charge < -0.3 is 14.9 Å². The zero-order valence-corrected chi connectivity index (χ0v) is 13.6. The summed E-state index contributed by atoms with van der Waals surface area (Å²) < 4.78 is 5.52. The summed E-state index contributed by atoms with van der Waals surface area (Å²) in [5.74, 6) is -0.962. The van der Waals surface area contributed by atoms with Crippen molar-refractivity contribution in [3.8, 4) is 0 Å². The van der Waals surface area contributed by atoms with E-state index in [1.165, 1.54) is 12.1 Å². The fourth-order valence-corrected chi connectivity index (χ4v) is 4.01. The van der Waals surface area contributed by atoms with E-state index < -0.39 is 23.6 Å². The fourth-order valence-electron chi connectivity index (χ4n) is 4.01. The Balaban J connectivity index is 1.79. The molecule has 3 rings (SSSR count). The summed E-state index contributed by atoms with van der Waals surface area (Å²) >= 11 is 0. The second-order valence-corrected chi connectivity index (χ2v) is 7.58. The molecule has 2 saturated carbocycles. The number of rotatable bonds is 3. The van der Waals surface area contributed by atoms with Gasteiger partial charge in [-0.15, -0.1) is 0 Å². The molecule has 5 heteroatoms. The van der Waals surface area contributed by atoms with Crippen LogP contribution in [0.25, 0.3) is 0 Å². The van der Waals surface area contributed by atoms with E-state index in [2.05, 4.69) is 13.8 Å². The number of carboxylic acids is 1. The molecule has 0 aliphatic heterocycles. The van der Waals surface area contributed by atoms with Crippen molar-refractivity contribution in [3.05, 3.63) is 35.4 Å². The number of ether oxygens (including phenoxy) is 1. The first-order valence-electron chi connectivity index (χ1n) is 7.90. The average molecular weight is 318 g/mol. The quantitative estimate of drug-likeness (QED) is 0.837. The van der Waals surface area contributed by atoms with Crippen LogP contribution in [0.15, 0.2) is 24.3 Å². The third kappa shape index (κ3) is 2.63. The van der Waals surface area contributed by atoms with Gasteiger partial charge in [0.1, 0.15) is 6.10 Å². The van der Waals surface area contributed by atoms with Crippen LogP contribution < -0.4 is 0 Å². The lowest BCUT2D eigenvalue weighted by atomic mass is 9.83. The van der Waals surface area contributed by atoms with Gasteiger partial charge in [-0.3, -0.25) is 0 Å². The number of carbonyl (C=O) groups is 2. The van der Waals surface area contributed by atoms with Crippen molar-refractivity contribution in [1.29, 1.82) is 0 Å². The fraction of sp³-hybridized carbons (Fsp3) is 0.556. The first-order chi connectivity index (χ1) is 10.6. The summed E-state index contributed by atoms with van der Waals surface area (Å²) in [5, 5.41) is 19.8. The number of hydrogen-bond donors (Lipinski definition) is 2. The molecule has 23 heavy (non-hydrogen) atoms. The zero-order valence-electron chi connectivity index (χ0n) is 13.6. The molecule has 0 radical (unpaired) electrons. The largest absolute Gasteiger partial charge is 0.478 e. The monoisotopic (exact) mass is 318 g/mol. The lowest BCUT2D eigenvalue weighted by Crippen LogP contribution is -2.45. The van der Waals surface area contributed by atoms with Gasteiger partial charge in [-0.05, 0) is 49.1 Å². The highest BCUT2D eigenvalue weighted by Gasteiger charge is 2.64. The van der Waals surface area contributed by atoms with E-state index in [0.29, 0.717) is 24.7 Å². The predicted octanol–water partition coefficient (Wildman–Crippen LogP) is 2.73. The number of aromatic carboxylic acids is 1. The van der Waals surface area contributed by atoms with E-state index in [1.807, 2.05) is 0 Å². The van der Waals surface area contributed by atoms with Gasteiger partial charge in [0.15, 0.2) is 0 Å². The number of aliphatic hydroxyl groups is 1. The van der Waals surface area contributed by atoms with Crippen molar-refractivity contribution in [2.75, 3.05) is 0 Å². The molecular formula is C18H22O5. The summed E-state index contributed by atoms with van der Waals surface area (Å²) in [5.41, 5.74) is -0.974. The summed E-state index contributed by atoms with van der Waals surface area (Å²) in [6.07, 6.45) is 0.606. The van der Waals surface area contributed by atoms with Gasteiger partial charge in [0.2, 0.25) is 0 Å². The average Bonchev–Trinajstić information content (AvgIpc) is 2.98. The van der Waals surface area contributed by atoms with E-state index in [4.69, 9.17) is 4.74 Å². The molecule has 2 aliphatic carbocycles. The third-order valence-electron chi connectivity index (χ3n) is 5.71. The summed E-state index contributed by atoms with van der Waals surface area (Å²) in [7, 11) is 0. The third-order valence-corrected chi connectivity index (χ3v) is 5.71. The topological polar surface area (TPSA) is 83.8 Å². The van der Waals surface area contributed by atoms with Crippen molar-refractivity contribution >= 4 is 11.9 Å². The van der Waals surface area contributed by atoms with Crippen molar-refractivity contribution in [1.82, 2.24) is 0 Å². The van der Waals surface area contributed by atoms with E-state index >= 15 is 0 Å². The highest BCUT2D eigenvalue weighted by molar-refractivity contribution is 6.02. The lowest BCUT2D eigenvalue weighted by Gasteiger charge is -2.36. The van der Waals surface area contributed by atoms with Crippen LogP contribution >= 0.6 is 0 Å². The number of carboxylic acid groups (broad SMARTS) is 1. The number of hydrogen-bond acceptors (Lipinski definition) is 4. The van der Waals surface area contributed by atoms with Crippen LogP contribution in [0.5, 0.6) is 0 Å². The summed E-state index contributed by atoms with van der Waals surface area (Å²) in [6.45, 7) is 6.03. The standard InChI is InChI=1S/C18H22O5/c1-17(2)12-8-14(18(3,22)9-13(12)17)23-16(21)11-7-5-4-6-10(11)15(19)20/h4-7,12-14,22H,8-9H2,1-3H3,(H,19,20). The molecule has 2 aliphatic rings. The molecule has 4 unspecified atom stereocenters. The minimum atomic E-state index is -1.17. The van der Waals surface area contributed by atoms with Gasteiger partial charge in [0, 0.05) is 0 Å². The second kappa shape index (κ2) is 5.06. The zero-order chi connectivity index (χ0) is 17.0. The Bertz CT molecular complexity index is 661. The first kappa shape index (κ1) is 16.0. The smallest absolute Gasteiger partial charge is 0.339 e. The van der Waals surface area contributed by atoms with Crippen LogP contribution in [-0.2, 0) is 4.74 Å². The maximum atomic E-state index is 12.4. The normalized spacial score (nSPS) is 34.3. The molecule has 1 aromatic rings. The molecule has 2 fully saturated rings. The molecule has 0 aromatic heterocycles. The number of esters is 1. The van der Waals surface area contributed by atoms with Gasteiger partial charge in [-0.2, -0.15) is 0 Å². The molecule has 124 valence electrons. The van der Waals surface area contributed by atoms with Crippen LogP contribution in [0, 0.1) is 17.3 Å². The number of fused-ring (bicyclic) bond motifs is 1. The number of benzene rings is 1. The van der Waals surface area contributed by atoms with Crippen LogP contribution in [0.4, 0.5) is 0 Å². The number of carbonyl (C=O) groups excluding carboxylic acids is 1. The molecule has 4 atom stereocenters. The molecule has 0 heterocycles. The van der Waals surface area contributed by atoms with E-state index in [9.17, 15) is 19.8 Å². The van der Waals surface area contributed by atoms with Gasteiger partial charge in [-0.1, -0.05) is 26.0 Å². The van der Waals surface area contributed by atoms with Crippen molar-refractivity contribution in [2.24, 2.45) is 17.3 Å².